The van der Waals surface area contributed by atoms with Crippen molar-refractivity contribution in [3.8, 4) is 11.4 Å². The average Bonchev–Trinajstić information content (AvgIpc) is 3.23. The van der Waals surface area contributed by atoms with E-state index < -0.39 is 6.03 Å². The SMILES string of the molecule is CNC(=O)NC(=O)C(C)N1CCN(C(C)c2nc(-c3ccc(C)cc3)no2)CC1. The van der Waals surface area contributed by atoms with Crippen LogP contribution in [0.3, 0.4) is 0 Å². The highest BCUT2D eigenvalue weighted by molar-refractivity contribution is 5.96. The molecule has 1 aromatic heterocycles. The van der Waals surface area contributed by atoms with Crippen LogP contribution in [0.4, 0.5) is 4.79 Å². The lowest BCUT2D eigenvalue weighted by Crippen LogP contribution is -2.55. The van der Waals surface area contributed by atoms with Gasteiger partial charge in [0.15, 0.2) is 0 Å². The lowest BCUT2D eigenvalue weighted by molar-refractivity contribution is -0.125. The zero-order valence-corrected chi connectivity index (χ0v) is 17.3. The second kappa shape index (κ2) is 9.15. The van der Waals surface area contributed by atoms with Crippen molar-refractivity contribution in [2.75, 3.05) is 33.2 Å². The van der Waals surface area contributed by atoms with Crippen LogP contribution < -0.4 is 10.6 Å². The van der Waals surface area contributed by atoms with Crippen LogP contribution in [0.1, 0.15) is 31.3 Å². The van der Waals surface area contributed by atoms with E-state index in [0.29, 0.717) is 24.8 Å². The van der Waals surface area contributed by atoms with Gasteiger partial charge in [0.1, 0.15) is 0 Å². The summed E-state index contributed by atoms with van der Waals surface area (Å²) >= 11 is 0. The lowest BCUT2D eigenvalue weighted by Gasteiger charge is -2.38. The number of nitrogens with zero attached hydrogens (tertiary/aromatic N) is 4. The van der Waals surface area contributed by atoms with Crippen molar-refractivity contribution in [2.24, 2.45) is 0 Å². The number of nitrogens with one attached hydrogen (secondary N) is 2. The van der Waals surface area contributed by atoms with Gasteiger partial charge >= 0.3 is 6.03 Å². The Morgan fingerprint density at radius 2 is 1.69 bits per heavy atom. The minimum atomic E-state index is -0.491. The molecule has 0 spiro atoms. The second-order valence-electron chi connectivity index (χ2n) is 7.31. The van der Waals surface area contributed by atoms with Crippen molar-refractivity contribution in [3.63, 3.8) is 0 Å². The van der Waals surface area contributed by atoms with Crippen molar-refractivity contribution in [2.45, 2.75) is 32.9 Å². The molecule has 1 aliphatic rings. The van der Waals surface area contributed by atoms with Crippen molar-refractivity contribution in [1.29, 1.82) is 0 Å². The number of rotatable bonds is 5. The van der Waals surface area contributed by atoms with E-state index in [0.717, 1.165) is 18.7 Å². The first-order chi connectivity index (χ1) is 13.9. The Bertz CT molecular complexity index is 842. The third kappa shape index (κ3) is 4.99. The summed E-state index contributed by atoms with van der Waals surface area (Å²) in [5, 5.41) is 8.84. The predicted octanol–water partition coefficient (Wildman–Crippen LogP) is 1.57. The standard InChI is InChI=1S/C20H28N6O3/c1-13-5-7-16(8-6-13)17-22-19(29-24-17)15(3)26-11-9-25(10-12-26)14(2)18(27)23-20(28)21-4/h5-8,14-15H,9-12H2,1-4H3,(H2,21,23,27,28). The third-order valence-corrected chi connectivity index (χ3v) is 5.40. The molecule has 2 atom stereocenters. The topological polar surface area (TPSA) is 104 Å². The van der Waals surface area contributed by atoms with Crippen molar-refractivity contribution >= 4 is 11.9 Å². The lowest BCUT2D eigenvalue weighted by atomic mass is 10.1. The van der Waals surface area contributed by atoms with Gasteiger partial charge in [-0.2, -0.15) is 4.98 Å². The van der Waals surface area contributed by atoms with Crippen molar-refractivity contribution in [1.82, 2.24) is 30.6 Å². The highest BCUT2D eigenvalue weighted by atomic mass is 16.5. The largest absolute Gasteiger partial charge is 0.341 e. The van der Waals surface area contributed by atoms with E-state index in [2.05, 4.69) is 30.6 Å². The summed E-state index contributed by atoms with van der Waals surface area (Å²) in [6.45, 7) is 8.85. The summed E-state index contributed by atoms with van der Waals surface area (Å²) in [5.41, 5.74) is 2.11. The van der Waals surface area contributed by atoms with Crippen molar-refractivity contribution < 1.29 is 14.1 Å². The molecule has 0 radical (unpaired) electrons. The fourth-order valence-corrected chi connectivity index (χ4v) is 3.34. The fourth-order valence-electron chi connectivity index (χ4n) is 3.34. The van der Waals surface area contributed by atoms with Crippen LogP contribution >= 0.6 is 0 Å². The molecule has 9 heteroatoms. The summed E-state index contributed by atoms with van der Waals surface area (Å²) in [6.07, 6.45) is 0. The zero-order chi connectivity index (χ0) is 21.0. The summed E-state index contributed by atoms with van der Waals surface area (Å²) in [4.78, 5) is 32.4. The first kappa shape index (κ1) is 20.9. The smallest absolute Gasteiger partial charge is 0.321 e. The van der Waals surface area contributed by atoms with Crippen molar-refractivity contribution in [3.05, 3.63) is 35.7 Å². The number of benzene rings is 1. The molecule has 2 N–H and O–H groups in total. The van der Waals surface area contributed by atoms with E-state index in [1.165, 1.54) is 12.6 Å². The maximum atomic E-state index is 12.1. The monoisotopic (exact) mass is 400 g/mol. The number of urea groups is 1. The van der Waals surface area contributed by atoms with Crippen LogP contribution in [-0.4, -0.2) is 71.1 Å². The number of aryl methyl sites for hydroxylation is 1. The van der Waals surface area contributed by atoms with Gasteiger partial charge in [-0.15, -0.1) is 0 Å². The van der Waals surface area contributed by atoms with Gasteiger partial charge in [-0.3, -0.25) is 19.9 Å². The van der Waals surface area contributed by atoms with E-state index >= 15 is 0 Å². The van der Waals surface area contributed by atoms with Crippen LogP contribution in [0, 0.1) is 6.92 Å². The molecule has 0 bridgehead atoms. The maximum Gasteiger partial charge on any atom is 0.321 e. The molecule has 3 rings (SSSR count). The van der Waals surface area contributed by atoms with E-state index in [1.54, 1.807) is 0 Å². The molecule has 1 saturated heterocycles. The van der Waals surface area contributed by atoms with Gasteiger partial charge in [0, 0.05) is 38.8 Å². The normalized spacial score (nSPS) is 17.5. The number of hydrogen-bond acceptors (Lipinski definition) is 7. The fraction of sp³-hybridized carbons (Fsp3) is 0.500. The average molecular weight is 400 g/mol. The molecule has 1 aliphatic heterocycles. The van der Waals surface area contributed by atoms with E-state index in [4.69, 9.17) is 4.52 Å². The Hall–Kier alpha value is -2.78. The second-order valence-corrected chi connectivity index (χ2v) is 7.31. The highest BCUT2D eigenvalue weighted by Crippen LogP contribution is 2.24. The van der Waals surface area contributed by atoms with Gasteiger partial charge in [0.25, 0.3) is 0 Å². The molecule has 1 fully saturated rings. The molecule has 2 aromatic rings. The quantitative estimate of drug-likeness (QED) is 0.785. The van der Waals surface area contributed by atoms with E-state index in [1.807, 2.05) is 45.0 Å². The summed E-state index contributed by atoms with van der Waals surface area (Å²) < 4.78 is 5.51. The molecule has 1 aromatic carbocycles. The molecule has 156 valence electrons. The number of piperazine rings is 1. The van der Waals surface area contributed by atoms with Crippen LogP contribution in [0.2, 0.25) is 0 Å². The Kier molecular flexibility index (Phi) is 6.60. The number of imide groups is 1. The molecule has 3 amide bonds. The first-order valence-electron chi connectivity index (χ1n) is 9.80. The molecule has 2 unspecified atom stereocenters. The molecule has 9 nitrogen and oxygen atoms in total. The van der Waals surface area contributed by atoms with Gasteiger partial charge in [-0.1, -0.05) is 35.0 Å². The number of hydrogen-bond donors (Lipinski definition) is 2. The van der Waals surface area contributed by atoms with E-state index in [9.17, 15) is 9.59 Å². The summed E-state index contributed by atoms with van der Waals surface area (Å²) in [5.74, 6) is 0.870. The van der Waals surface area contributed by atoms with Crippen LogP contribution in [0.5, 0.6) is 0 Å². The number of aromatic nitrogens is 2. The molecular weight excluding hydrogens is 372 g/mol. The molecular formula is C20H28N6O3. The zero-order valence-electron chi connectivity index (χ0n) is 17.3. The predicted molar refractivity (Wildman–Crippen MR) is 108 cm³/mol. The summed E-state index contributed by atoms with van der Waals surface area (Å²) in [6, 6.07) is 7.14. The molecule has 29 heavy (non-hydrogen) atoms. The molecule has 0 saturated carbocycles. The van der Waals surface area contributed by atoms with E-state index in [-0.39, 0.29) is 18.0 Å². The number of carbonyl (C=O) groups excluding carboxylic acids is 2. The Balaban J connectivity index is 1.56. The number of carbonyl (C=O) groups is 2. The van der Waals surface area contributed by atoms with Crippen LogP contribution in [0.15, 0.2) is 28.8 Å². The van der Waals surface area contributed by atoms with Gasteiger partial charge in [0.05, 0.1) is 12.1 Å². The first-order valence-corrected chi connectivity index (χ1v) is 9.80. The Morgan fingerprint density at radius 1 is 1.07 bits per heavy atom. The van der Waals surface area contributed by atoms with Gasteiger partial charge in [0.2, 0.25) is 17.6 Å². The minimum Gasteiger partial charge on any atom is -0.341 e. The maximum absolute atomic E-state index is 12.1. The minimum absolute atomic E-state index is 0.0150. The summed E-state index contributed by atoms with van der Waals surface area (Å²) in [7, 11) is 1.48. The van der Waals surface area contributed by atoms with Gasteiger partial charge < -0.3 is 9.84 Å². The number of amides is 3. The van der Waals surface area contributed by atoms with Crippen LogP contribution in [-0.2, 0) is 4.79 Å². The highest BCUT2D eigenvalue weighted by Gasteiger charge is 2.30. The Labute approximate surface area is 170 Å². The molecule has 2 heterocycles. The van der Waals surface area contributed by atoms with Gasteiger partial charge in [-0.05, 0) is 20.8 Å². The van der Waals surface area contributed by atoms with Crippen LogP contribution in [0.25, 0.3) is 11.4 Å². The Morgan fingerprint density at radius 3 is 2.31 bits per heavy atom. The third-order valence-electron chi connectivity index (χ3n) is 5.40. The van der Waals surface area contributed by atoms with Gasteiger partial charge in [-0.25, -0.2) is 4.79 Å². The molecule has 0 aliphatic carbocycles.